The Balaban J connectivity index is 2.11. The maximum atomic E-state index is 4.60. The zero-order valence-electron chi connectivity index (χ0n) is 8.03. The van der Waals surface area contributed by atoms with Gasteiger partial charge in [-0.3, -0.25) is 4.99 Å². The van der Waals surface area contributed by atoms with Crippen LogP contribution in [0.3, 0.4) is 0 Å². The molecule has 0 saturated carbocycles. The number of rotatable bonds is 0. The van der Waals surface area contributed by atoms with Crippen molar-refractivity contribution < 1.29 is 0 Å². The largest absolute Gasteiger partial charge is 0.367 e. The standard InChI is InChI=1S/C11H13N3/c1-2-5-10-9(4-1)11-12-6-3-7-14(11)8-13-10/h1-2,4-5,13H,3,6-8H2. The van der Waals surface area contributed by atoms with Crippen LogP contribution in [0.4, 0.5) is 5.69 Å². The number of aliphatic imine (C=N–C) groups is 1. The fraction of sp³-hybridized carbons (Fsp3) is 0.364. The van der Waals surface area contributed by atoms with Gasteiger partial charge in [0.25, 0.3) is 0 Å². The summed E-state index contributed by atoms with van der Waals surface area (Å²) in [5.74, 6) is 1.17. The van der Waals surface area contributed by atoms with Gasteiger partial charge in [-0.1, -0.05) is 12.1 Å². The summed E-state index contributed by atoms with van der Waals surface area (Å²) in [4.78, 5) is 6.91. The second-order valence-corrected chi connectivity index (χ2v) is 3.70. The van der Waals surface area contributed by atoms with Crippen molar-refractivity contribution in [1.82, 2.24) is 4.90 Å². The summed E-state index contributed by atoms with van der Waals surface area (Å²) < 4.78 is 0. The molecule has 0 atom stereocenters. The van der Waals surface area contributed by atoms with Crippen LogP contribution in [-0.4, -0.2) is 30.5 Å². The summed E-state index contributed by atoms with van der Waals surface area (Å²) in [5.41, 5.74) is 2.46. The van der Waals surface area contributed by atoms with Gasteiger partial charge in [-0.15, -0.1) is 0 Å². The van der Waals surface area contributed by atoms with Crippen LogP contribution >= 0.6 is 0 Å². The van der Waals surface area contributed by atoms with Gasteiger partial charge in [0.15, 0.2) is 0 Å². The molecule has 0 radical (unpaired) electrons. The lowest BCUT2D eigenvalue weighted by Crippen LogP contribution is -2.43. The lowest BCUT2D eigenvalue weighted by Gasteiger charge is -2.35. The van der Waals surface area contributed by atoms with Gasteiger partial charge < -0.3 is 10.2 Å². The molecule has 1 aromatic rings. The van der Waals surface area contributed by atoms with E-state index in [0.717, 1.165) is 19.8 Å². The molecule has 0 bridgehead atoms. The van der Waals surface area contributed by atoms with E-state index in [1.165, 1.54) is 23.5 Å². The minimum Gasteiger partial charge on any atom is -0.367 e. The van der Waals surface area contributed by atoms with E-state index >= 15 is 0 Å². The van der Waals surface area contributed by atoms with E-state index < -0.39 is 0 Å². The maximum absolute atomic E-state index is 4.60. The Hall–Kier alpha value is -1.51. The predicted molar refractivity (Wildman–Crippen MR) is 57.7 cm³/mol. The first-order valence-electron chi connectivity index (χ1n) is 5.08. The van der Waals surface area contributed by atoms with Gasteiger partial charge in [0.1, 0.15) is 5.84 Å². The molecule has 0 aromatic heterocycles. The second-order valence-electron chi connectivity index (χ2n) is 3.70. The highest BCUT2D eigenvalue weighted by atomic mass is 15.3. The Morgan fingerprint density at radius 2 is 2.21 bits per heavy atom. The van der Waals surface area contributed by atoms with Crippen molar-refractivity contribution in [3.63, 3.8) is 0 Å². The van der Waals surface area contributed by atoms with E-state index in [4.69, 9.17) is 0 Å². The third-order valence-corrected chi connectivity index (χ3v) is 2.78. The third kappa shape index (κ3) is 1.09. The molecule has 0 aliphatic carbocycles. The smallest absolute Gasteiger partial charge is 0.134 e. The number of benzene rings is 1. The summed E-state index contributed by atoms with van der Waals surface area (Å²) in [7, 11) is 0. The van der Waals surface area contributed by atoms with Gasteiger partial charge in [0, 0.05) is 24.3 Å². The van der Waals surface area contributed by atoms with E-state index in [1.807, 2.05) is 0 Å². The average molecular weight is 187 g/mol. The Morgan fingerprint density at radius 3 is 3.21 bits per heavy atom. The first-order chi connectivity index (χ1) is 6.95. The highest BCUT2D eigenvalue weighted by molar-refractivity contribution is 6.05. The zero-order chi connectivity index (χ0) is 9.38. The van der Waals surface area contributed by atoms with E-state index in [9.17, 15) is 0 Å². The van der Waals surface area contributed by atoms with Crippen LogP contribution in [0.5, 0.6) is 0 Å². The van der Waals surface area contributed by atoms with Crippen molar-refractivity contribution in [3.05, 3.63) is 29.8 Å². The molecule has 72 valence electrons. The van der Waals surface area contributed by atoms with Crippen LogP contribution in [-0.2, 0) is 0 Å². The number of fused-ring (bicyclic) bond motifs is 3. The second kappa shape index (κ2) is 3.01. The van der Waals surface area contributed by atoms with Gasteiger partial charge in [-0.25, -0.2) is 0 Å². The monoisotopic (exact) mass is 187 g/mol. The molecule has 0 unspecified atom stereocenters. The number of hydrogen-bond donors (Lipinski definition) is 1. The van der Waals surface area contributed by atoms with Crippen LogP contribution in [0.15, 0.2) is 29.3 Å². The van der Waals surface area contributed by atoms with Crippen molar-refractivity contribution in [2.24, 2.45) is 4.99 Å². The number of nitrogens with zero attached hydrogens (tertiary/aromatic N) is 2. The van der Waals surface area contributed by atoms with Gasteiger partial charge in [-0.05, 0) is 18.6 Å². The predicted octanol–water partition coefficient (Wildman–Crippen LogP) is 1.52. The minimum atomic E-state index is 0.899. The lowest BCUT2D eigenvalue weighted by molar-refractivity contribution is 0.414. The zero-order valence-corrected chi connectivity index (χ0v) is 8.03. The van der Waals surface area contributed by atoms with Crippen molar-refractivity contribution in [1.29, 1.82) is 0 Å². The molecule has 3 rings (SSSR count). The molecule has 3 heteroatoms. The van der Waals surface area contributed by atoms with Crippen molar-refractivity contribution in [3.8, 4) is 0 Å². The molecule has 0 fully saturated rings. The number of para-hydroxylation sites is 1. The number of hydrogen-bond acceptors (Lipinski definition) is 3. The fourth-order valence-electron chi connectivity index (χ4n) is 2.07. The minimum absolute atomic E-state index is 0.899. The number of amidine groups is 1. The highest BCUT2D eigenvalue weighted by Crippen LogP contribution is 2.23. The van der Waals surface area contributed by atoms with Crippen LogP contribution in [0.2, 0.25) is 0 Å². The van der Waals surface area contributed by atoms with Gasteiger partial charge in [-0.2, -0.15) is 0 Å². The SMILES string of the molecule is c1ccc2c(c1)NCN1CCCN=C21. The van der Waals surface area contributed by atoms with Crippen LogP contribution in [0.1, 0.15) is 12.0 Å². The molecular formula is C11H13N3. The molecule has 2 aliphatic rings. The van der Waals surface area contributed by atoms with Crippen molar-refractivity contribution >= 4 is 11.5 Å². The molecule has 2 heterocycles. The highest BCUT2D eigenvalue weighted by Gasteiger charge is 2.22. The summed E-state index contributed by atoms with van der Waals surface area (Å²) in [5, 5.41) is 3.41. The van der Waals surface area contributed by atoms with Gasteiger partial charge in [0.2, 0.25) is 0 Å². The van der Waals surface area contributed by atoms with E-state index in [0.29, 0.717) is 0 Å². The molecule has 14 heavy (non-hydrogen) atoms. The van der Waals surface area contributed by atoms with E-state index in [-0.39, 0.29) is 0 Å². The third-order valence-electron chi connectivity index (χ3n) is 2.78. The first kappa shape index (κ1) is 7.85. The summed E-state index contributed by atoms with van der Waals surface area (Å²) >= 11 is 0. The first-order valence-corrected chi connectivity index (χ1v) is 5.08. The van der Waals surface area contributed by atoms with Gasteiger partial charge in [0.05, 0.1) is 6.67 Å². The van der Waals surface area contributed by atoms with E-state index in [1.54, 1.807) is 0 Å². The molecule has 2 aliphatic heterocycles. The Morgan fingerprint density at radius 1 is 1.29 bits per heavy atom. The van der Waals surface area contributed by atoms with Crippen LogP contribution in [0, 0.1) is 0 Å². The summed E-state index contributed by atoms with van der Waals surface area (Å²) in [6.07, 6.45) is 1.17. The van der Waals surface area contributed by atoms with E-state index in [2.05, 4.69) is 39.5 Å². The fourth-order valence-corrected chi connectivity index (χ4v) is 2.07. The molecule has 0 amide bonds. The number of nitrogens with one attached hydrogen (secondary N) is 1. The molecule has 1 N–H and O–H groups in total. The summed E-state index contributed by atoms with van der Waals surface area (Å²) in [6, 6.07) is 8.38. The molecule has 3 nitrogen and oxygen atoms in total. The topological polar surface area (TPSA) is 27.6 Å². The van der Waals surface area contributed by atoms with Crippen molar-refractivity contribution in [2.45, 2.75) is 6.42 Å². The quantitative estimate of drug-likeness (QED) is 0.667. The normalized spacial score (nSPS) is 19.1. The molecule has 1 aromatic carbocycles. The lowest BCUT2D eigenvalue weighted by atomic mass is 10.1. The molecule has 0 spiro atoms. The Labute approximate surface area is 83.4 Å². The van der Waals surface area contributed by atoms with Crippen molar-refractivity contribution in [2.75, 3.05) is 25.1 Å². The Kier molecular flexibility index (Phi) is 1.69. The van der Waals surface area contributed by atoms with Crippen LogP contribution < -0.4 is 5.32 Å². The van der Waals surface area contributed by atoms with Gasteiger partial charge >= 0.3 is 0 Å². The molecular weight excluding hydrogens is 174 g/mol. The van der Waals surface area contributed by atoms with Crippen LogP contribution in [0.25, 0.3) is 0 Å². The number of anilines is 1. The average Bonchev–Trinajstić information content (AvgIpc) is 2.29. The maximum Gasteiger partial charge on any atom is 0.134 e. The molecule has 0 saturated heterocycles. The summed E-state index contributed by atoms with van der Waals surface area (Å²) in [6.45, 7) is 3.00. The Bertz CT molecular complexity index is 384.